The van der Waals surface area contributed by atoms with Gasteiger partial charge in [-0.2, -0.15) is 0 Å². The molecule has 0 N–H and O–H groups in total. The van der Waals surface area contributed by atoms with Crippen molar-refractivity contribution in [3.63, 3.8) is 0 Å². The molecule has 0 amide bonds. The van der Waals surface area contributed by atoms with E-state index in [9.17, 15) is 0 Å². The molecule has 2 heteroatoms. The van der Waals surface area contributed by atoms with E-state index in [4.69, 9.17) is 4.74 Å². The van der Waals surface area contributed by atoms with Crippen LogP contribution >= 0.6 is 0 Å². The molecule has 1 fully saturated rings. The minimum atomic E-state index is 0.879. The van der Waals surface area contributed by atoms with Crippen molar-refractivity contribution >= 4 is 5.57 Å². The summed E-state index contributed by atoms with van der Waals surface area (Å²) in [5.41, 5.74) is 5.22. The molecule has 2 aromatic carbocycles. The van der Waals surface area contributed by atoms with Gasteiger partial charge in [-0.05, 0) is 35.6 Å². The number of hydrogen-bond donors (Lipinski definition) is 0. The summed E-state index contributed by atoms with van der Waals surface area (Å²) in [6.45, 7) is 7.23. The van der Waals surface area contributed by atoms with Gasteiger partial charge in [0.1, 0.15) is 0 Å². The van der Waals surface area contributed by atoms with Gasteiger partial charge >= 0.3 is 0 Å². The molecule has 0 saturated carbocycles. The van der Waals surface area contributed by atoms with E-state index in [1.54, 1.807) is 0 Å². The number of hydrogen-bond acceptors (Lipinski definition) is 2. The zero-order valence-electron chi connectivity index (χ0n) is 13.9. The van der Waals surface area contributed by atoms with Crippen LogP contribution in [0.25, 0.3) is 16.7 Å². The fourth-order valence-corrected chi connectivity index (χ4v) is 2.96. The number of allylic oxidation sites excluding steroid dienone is 1. The van der Waals surface area contributed by atoms with E-state index in [-0.39, 0.29) is 0 Å². The van der Waals surface area contributed by atoms with Gasteiger partial charge in [0.2, 0.25) is 0 Å². The highest BCUT2D eigenvalue weighted by atomic mass is 16.5. The Bertz CT molecular complexity index is 625. The molecule has 120 valence electrons. The van der Waals surface area contributed by atoms with Crippen LogP contribution in [0.4, 0.5) is 0 Å². The van der Waals surface area contributed by atoms with Crippen LogP contribution in [-0.2, 0) is 4.74 Å². The average Bonchev–Trinajstić information content (AvgIpc) is 2.63. The predicted molar refractivity (Wildman–Crippen MR) is 97.4 cm³/mol. The van der Waals surface area contributed by atoms with Gasteiger partial charge in [-0.3, -0.25) is 4.90 Å². The van der Waals surface area contributed by atoms with Crippen molar-refractivity contribution in [2.75, 3.05) is 32.8 Å². The first kappa shape index (κ1) is 16.0. The Labute approximate surface area is 139 Å². The van der Waals surface area contributed by atoms with Crippen LogP contribution in [-0.4, -0.2) is 37.7 Å². The smallest absolute Gasteiger partial charge is 0.0594 e. The molecule has 2 nitrogen and oxygen atoms in total. The second-order valence-electron chi connectivity index (χ2n) is 6.07. The number of benzene rings is 2. The van der Waals surface area contributed by atoms with Gasteiger partial charge in [-0.15, -0.1) is 0 Å². The number of ether oxygens (including phenoxy) is 1. The molecule has 2 aromatic rings. The van der Waals surface area contributed by atoms with Gasteiger partial charge < -0.3 is 4.74 Å². The van der Waals surface area contributed by atoms with Crippen LogP contribution in [0.1, 0.15) is 18.9 Å². The summed E-state index contributed by atoms with van der Waals surface area (Å²) in [5.74, 6) is 0. The third kappa shape index (κ3) is 4.54. The summed E-state index contributed by atoms with van der Waals surface area (Å²) in [6, 6.07) is 19.4. The highest BCUT2D eigenvalue weighted by Gasteiger charge is 2.08. The molecule has 0 aliphatic carbocycles. The quantitative estimate of drug-likeness (QED) is 0.807. The van der Waals surface area contributed by atoms with E-state index in [1.807, 2.05) is 0 Å². The first-order valence-electron chi connectivity index (χ1n) is 8.46. The molecule has 0 bridgehead atoms. The summed E-state index contributed by atoms with van der Waals surface area (Å²) in [7, 11) is 0. The number of morpholine rings is 1. The van der Waals surface area contributed by atoms with Crippen molar-refractivity contribution < 1.29 is 4.74 Å². The van der Waals surface area contributed by atoms with Gasteiger partial charge in [0.15, 0.2) is 0 Å². The topological polar surface area (TPSA) is 12.5 Å². The number of nitrogens with zero attached hydrogens (tertiary/aromatic N) is 1. The Morgan fingerprint density at radius 2 is 1.61 bits per heavy atom. The minimum absolute atomic E-state index is 0.879. The maximum Gasteiger partial charge on any atom is 0.0594 e. The second kappa shape index (κ2) is 8.09. The molecule has 23 heavy (non-hydrogen) atoms. The Balaban J connectivity index is 1.58. The van der Waals surface area contributed by atoms with Crippen molar-refractivity contribution in [1.82, 2.24) is 4.90 Å². The van der Waals surface area contributed by atoms with Crippen molar-refractivity contribution in [3.05, 3.63) is 66.2 Å². The molecule has 0 aromatic heterocycles. The van der Waals surface area contributed by atoms with E-state index in [0.717, 1.165) is 39.3 Å². The molecule has 1 saturated heterocycles. The van der Waals surface area contributed by atoms with Gasteiger partial charge in [0.05, 0.1) is 13.2 Å². The van der Waals surface area contributed by atoms with Crippen LogP contribution in [0, 0.1) is 0 Å². The lowest BCUT2D eigenvalue weighted by Gasteiger charge is -2.26. The van der Waals surface area contributed by atoms with E-state index in [1.165, 1.54) is 22.3 Å². The Hall–Kier alpha value is -1.90. The van der Waals surface area contributed by atoms with Gasteiger partial charge in [0, 0.05) is 19.6 Å². The Morgan fingerprint density at radius 3 is 2.30 bits per heavy atom. The SMILES string of the molecule is CC(=CCCN1CCOCC1)c1ccc(-c2ccccc2)cc1. The third-order valence-corrected chi connectivity index (χ3v) is 4.45. The molecular weight excluding hydrogens is 282 g/mol. The minimum Gasteiger partial charge on any atom is -0.379 e. The number of rotatable bonds is 5. The molecular formula is C21H25NO. The van der Waals surface area contributed by atoms with Crippen LogP contribution in [0.2, 0.25) is 0 Å². The summed E-state index contributed by atoms with van der Waals surface area (Å²) in [6.07, 6.45) is 3.46. The lowest BCUT2D eigenvalue weighted by molar-refractivity contribution is 0.0387. The maximum atomic E-state index is 5.39. The zero-order chi connectivity index (χ0) is 15.9. The molecule has 0 spiro atoms. The highest BCUT2D eigenvalue weighted by molar-refractivity contribution is 5.69. The van der Waals surface area contributed by atoms with E-state index >= 15 is 0 Å². The van der Waals surface area contributed by atoms with Crippen LogP contribution in [0.3, 0.4) is 0 Å². The largest absolute Gasteiger partial charge is 0.379 e. The molecule has 0 radical (unpaired) electrons. The van der Waals surface area contributed by atoms with Crippen molar-refractivity contribution in [1.29, 1.82) is 0 Å². The van der Waals surface area contributed by atoms with Crippen molar-refractivity contribution in [2.24, 2.45) is 0 Å². The molecule has 1 aliphatic rings. The highest BCUT2D eigenvalue weighted by Crippen LogP contribution is 2.22. The molecule has 0 unspecified atom stereocenters. The predicted octanol–water partition coefficient (Wildman–Crippen LogP) is 4.48. The fourth-order valence-electron chi connectivity index (χ4n) is 2.96. The van der Waals surface area contributed by atoms with Crippen LogP contribution < -0.4 is 0 Å². The third-order valence-electron chi connectivity index (χ3n) is 4.45. The molecule has 1 heterocycles. The van der Waals surface area contributed by atoms with Crippen LogP contribution in [0.15, 0.2) is 60.7 Å². The standard InChI is InChI=1S/C21H25NO/c1-18(6-5-13-22-14-16-23-17-15-22)19-9-11-21(12-10-19)20-7-3-2-4-8-20/h2-4,6-12H,5,13-17H2,1H3. The maximum absolute atomic E-state index is 5.39. The molecule has 1 aliphatic heterocycles. The Morgan fingerprint density at radius 1 is 0.957 bits per heavy atom. The van der Waals surface area contributed by atoms with Gasteiger partial charge in [0.25, 0.3) is 0 Å². The summed E-state index contributed by atoms with van der Waals surface area (Å²) in [5, 5.41) is 0. The van der Waals surface area contributed by atoms with Crippen molar-refractivity contribution in [2.45, 2.75) is 13.3 Å². The van der Waals surface area contributed by atoms with E-state index in [0.29, 0.717) is 0 Å². The Kier molecular flexibility index (Phi) is 5.62. The monoisotopic (exact) mass is 307 g/mol. The second-order valence-corrected chi connectivity index (χ2v) is 6.07. The van der Waals surface area contributed by atoms with E-state index in [2.05, 4.69) is 72.5 Å². The lowest BCUT2D eigenvalue weighted by atomic mass is 10.0. The van der Waals surface area contributed by atoms with E-state index < -0.39 is 0 Å². The normalized spacial score (nSPS) is 16.5. The molecule has 3 rings (SSSR count). The first-order valence-corrected chi connectivity index (χ1v) is 8.46. The summed E-state index contributed by atoms with van der Waals surface area (Å²) in [4.78, 5) is 2.48. The van der Waals surface area contributed by atoms with Gasteiger partial charge in [-0.1, -0.05) is 60.7 Å². The van der Waals surface area contributed by atoms with Crippen molar-refractivity contribution in [3.8, 4) is 11.1 Å². The fraction of sp³-hybridized carbons (Fsp3) is 0.333. The summed E-state index contributed by atoms with van der Waals surface area (Å²) < 4.78 is 5.39. The van der Waals surface area contributed by atoms with Crippen LogP contribution in [0.5, 0.6) is 0 Å². The lowest BCUT2D eigenvalue weighted by Crippen LogP contribution is -2.36. The van der Waals surface area contributed by atoms with Gasteiger partial charge in [-0.25, -0.2) is 0 Å². The first-order chi connectivity index (χ1) is 11.3. The average molecular weight is 307 g/mol. The molecule has 0 atom stereocenters. The summed E-state index contributed by atoms with van der Waals surface area (Å²) >= 11 is 0. The zero-order valence-corrected chi connectivity index (χ0v) is 13.9.